The quantitative estimate of drug-likeness (QED) is 0.292. The molecule has 1 aliphatic carbocycles. The molecule has 13 heteroatoms. The molecule has 6 rings (SSSR count). The lowest BCUT2D eigenvalue weighted by atomic mass is 10.1. The average Bonchev–Trinajstić information content (AvgIpc) is 3.83. The summed E-state index contributed by atoms with van der Waals surface area (Å²) < 4.78 is 27.9. The fourth-order valence-corrected chi connectivity index (χ4v) is 5.39. The van der Waals surface area contributed by atoms with Crippen LogP contribution in [-0.4, -0.2) is 65.5 Å². The number of furan rings is 1. The third kappa shape index (κ3) is 5.96. The third-order valence-corrected chi connectivity index (χ3v) is 7.46. The molecule has 2 amide bonds. The fraction of sp³-hybridized carbons (Fsp3) is 0.367. The molecular weight excluding hydrogens is 556 g/mol. The predicted octanol–water partition coefficient (Wildman–Crippen LogP) is 3.55. The summed E-state index contributed by atoms with van der Waals surface area (Å²) in [4.78, 5) is 30.6. The molecule has 0 radical (unpaired) electrons. The summed E-state index contributed by atoms with van der Waals surface area (Å²) in [5.74, 6) is 1.90. The van der Waals surface area contributed by atoms with Gasteiger partial charge in [-0.3, -0.25) is 14.5 Å². The zero-order chi connectivity index (χ0) is 29.8. The Hall–Kier alpha value is -5.07. The molecule has 0 bridgehead atoms. The van der Waals surface area contributed by atoms with Gasteiger partial charge in [-0.05, 0) is 60.5 Å². The van der Waals surface area contributed by atoms with Crippen molar-refractivity contribution in [2.45, 2.75) is 44.3 Å². The van der Waals surface area contributed by atoms with Crippen LogP contribution in [-0.2, 0) is 16.1 Å². The lowest BCUT2D eigenvalue weighted by Gasteiger charge is -2.31. The van der Waals surface area contributed by atoms with Crippen LogP contribution in [0, 0.1) is 0 Å². The molecule has 2 aromatic heterocycles. The van der Waals surface area contributed by atoms with E-state index in [4.69, 9.17) is 23.4 Å². The molecule has 2 aromatic carbocycles. The van der Waals surface area contributed by atoms with Gasteiger partial charge in [-0.25, -0.2) is 0 Å². The van der Waals surface area contributed by atoms with E-state index in [1.807, 2.05) is 0 Å². The third-order valence-electron chi connectivity index (χ3n) is 7.46. The molecule has 1 aliphatic heterocycles. The first-order valence-electron chi connectivity index (χ1n) is 14.1. The van der Waals surface area contributed by atoms with Crippen molar-refractivity contribution >= 4 is 17.5 Å². The zero-order valence-corrected chi connectivity index (χ0v) is 23.9. The normalized spacial score (nSPS) is 15.1. The summed E-state index contributed by atoms with van der Waals surface area (Å²) in [7, 11) is 3.09. The van der Waals surface area contributed by atoms with Crippen molar-refractivity contribution in [1.29, 1.82) is 0 Å². The number of fused-ring (bicyclic) bond motifs is 1. The van der Waals surface area contributed by atoms with Gasteiger partial charge in [0.05, 0.1) is 20.5 Å². The van der Waals surface area contributed by atoms with Crippen LogP contribution < -0.4 is 29.2 Å². The van der Waals surface area contributed by atoms with E-state index in [0.717, 1.165) is 25.7 Å². The molecule has 0 spiro atoms. The number of aromatic nitrogens is 4. The minimum Gasteiger partial charge on any atom is -0.493 e. The Bertz CT molecular complexity index is 1580. The highest BCUT2D eigenvalue weighted by atomic mass is 16.6. The molecular formula is C30H32N6O7. The highest BCUT2D eigenvalue weighted by molar-refractivity contribution is 6.01. The number of amides is 2. The largest absolute Gasteiger partial charge is 0.493 e. The van der Waals surface area contributed by atoms with E-state index in [-0.39, 0.29) is 18.5 Å². The number of carbonyl (C=O) groups excluding carboxylic acids is 2. The van der Waals surface area contributed by atoms with Crippen LogP contribution in [0.25, 0.3) is 11.4 Å². The first-order valence-corrected chi connectivity index (χ1v) is 14.1. The summed E-state index contributed by atoms with van der Waals surface area (Å²) in [6, 6.07) is 12.7. The Morgan fingerprint density at radius 2 is 1.81 bits per heavy atom. The highest BCUT2D eigenvalue weighted by Crippen LogP contribution is 2.38. The molecule has 0 saturated heterocycles. The number of ether oxygens (including phenoxy) is 4. The number of hydrogen-bond donors (Lipinski definition) is 1. The van der Waals surface area contributed by atoms with E-state index in [2.05, 4.69) is 20.7 Å². The maximum atomic E-state index is 14.2. The number of tetrazole rings is 1. The number of anilines is 1. The van der Waals surface area contributed by atoms with Gasteiger partial charge < -0.3 is 28.7 Å². The average molecular weight is 589 g/mol. The van der Waals surface area contributed by atoms with Gasteiger partial charge in [0.1, 0.15) is 25.5 Å². The minimum absolute atomic E-state index is 0.0307. The van der Waals surface area contributed by atoms with E-state index in [0.29, 0.717) is 59.0 Å². The zero-order valence-electron chi connectivity index (χ0n) is 23.9. The van der Waals surface area contributed by atoms with Gasteiger partial charge in [-0.15, -0.1) is 10.2 Å². The van der Waals surface area contributed by atoms with Crippen molar-refractivity contribution in [3.63, 3.8) is 0 Å². The van der Waals surface area contributed by atoms with Gasteiger partial charge in [0.15, 0.2) is 29.0 Å². The van der Waals surface area contributed by atoms with Crippen LogP contribution in [0.3, 0.4) is 0 Å². The van der Waals surface area contributed by atoms with Crippen LogP contribution in [0.2, 0.25) is 0 Å². The first kappa shape index (κ1) is 28.1. The van der Waals surface area contributed by atoms with E-state index < -0.39 is 11.9 Å². The second-order valence-corrected chi connectivity index (χ2v) is 10.2. The van der Waals surface area contributed by atoms with Crippen LogP contribution >= 0.6 is 0 Å². The summed E-state index contributed by atoms with van der Waals surface area (Å²) >= 11 is 0. The summed E-state index contributed by atoms with van der Waals surface area (Å²) in [5, 5.41) is 15.8. The van der Waals surface area contributed by atoms with Gasteiger partial charge in [-0.2, -0.15) is 4.80 Å². The van der Waals surface area contributed by atoms with Crippen molar-refractivity contribution in [3.05, 3.63) is 60.6 Å². The van der Waals surface area contributed by atoms with E-state index >= 15 is 0 Å². The molecule has 13 nitrogen and oxygen atoms in total. The number of methoxy groups -OCH3 is 2. The molecule has 4 aromatic rings. The van der Waals surface area contributed by atoms with Crippen LogP contribution in [0.4, 0.5) is 5.69 Å². The Morgan fingerprint density at radius 1 is 1.02 bits per heavy atom. The minimum atomic E-state index is -1.10. The van der Waals surface area contributed by atoms with Crippen molar-refractivity contribution in [3.8, 4) is 34.4 Å². The number of carbonyl (C=O) groups is 2. The fourth-order valence-electron chi connectivity index (χ4n) is 5.39. The number of hydrogen-bond acceptors (Lipinski definition) is 10. The summed E-state index contributed by atoms with van der Waals surface area (Å²) in [6.45, 7) is 0.493. The Morgan fingerprint density at radius 3 is 2.56 bits per heavy atom. The molecule has 3 heterocycles. The SMILES string of the molecule is COc1ccc(-c2nnn(CC(=O)N(c3ccc4c(c3)OCCO4)C(C(=O)NC3CCCC3)c3ccco3)n2)cc1OC. The molecule has 224 valence electrons. The van der Waals surface area contributed by atoms with Crippen molar-refractivity contribution in [2.75, 3.05) is 32.3 Å². The standard InChI is InChI=1S/C30H32N6O7/c1-39-22-11-9-19(16-25(22)40-2)29-32-34-35(33-29)18-27(37)36(21-10-12-23-26(17-21)43-15-14-42-23)28(24-8-5-13-41-24)30(38)31-20-6-3-4-7-20/h5,8-13,16-17,20,28H,3-4,6-7,14-15,18H2,1-2H3,(H,31,38). The molecule has 1 unspecified atom stereocenters. The maximum absolute atomic E-state index is 14.2. The Balaban J connectivity index is 1.34. The van der Waals surface area contributed by atoms with E-state index in [1.54, 1.807) is 55.6 Å². The van der Waals surface area contributed by atoms with Crippen molar-refractivity contribution in [1.82, 2.24) is 25.5 Å². The van der Waals surface area contributed by atoms with Crippen LogP contribution in [0.1, 0.15) is 37.5 Å². The van der Waals surface area contributed by atoms with Gasteiger partial charge in [-0.1, -0.05) is 12.8 Å². The molecule has 43 heavy (non-hydrogen) atoms. The number of nitrogens with one attached hydrogen (secondary N) is 1. The highest BCUT2D eigenvalue weighted by Gasteiger charge is 2.37. The second-order valence-electron chi connectivity index (χ2n) is 10.2. The summed E-state index contributed by atoms with van der Waals surface area (Å²) in [6.07, 6.45) is 5.34. The smallest absolute Gasteiger partial charge is 0.251 e. The van der Waals surface area contributed by atoms with Crippen molar-refractivity contribution in [2.24, 2.45) is 0 Å². The Labute approximate surface area is 247 Å². The molecule has 1 atom stereocenters. The summed E-state index contributed by atoms with van der Waals surface area (Å²) in [5.41, 5.74) is 1.06. The van der Waals surface area contributed by atoms with E-state index in [9.17, 15) is 9.59 Å². The lowest BCUT2D eigenvalue weighted by molar-refractivity contribution is -0.128. The monoisotopic (exact) mass is 588 g/mol. The molecule has 1 saturated carbocycles. The van der Waals surface area contributed by atoms with E-state index in [1.165, 1.54) is 23.1 Å². The maximum Gasteiger partial charge on any atom is 0.251 e. The number of nitrogens with zero attached hydrogens (tertiary/aromatic N) is 5. The number of rotatable bonds is 10. The van der Waals surface area contributed by atoms with Crippen molar-refractivity contribution < 1.29 is 33.0 Å². The molecule has 1 N–H and O–H groups in total. The van der Waals surface area contributed by atoms with Gasteiger partial charge >= 0.3 is 0 Å². The number of benzene rings is 2. The van der Waals surface area contributed by atoms with Gasteiger partial charge in [0.25, 0.3) is 11.8 Å². The van der Waals surface area contributed by atoms with Gasteiger partial charge in [0, 0.05) is 23.4 Å². The van der Waals surface area contributed by atoms with Crippen LogP contribution in [0.15, 0.2) is 59.2 Å². The Kier molecular flexibility index (Phi) is 8.11. The lowest BCUT2D eigenvalue weighted by Crippen LogP contribution is -2.47. The predicted molar refractivity (Wildman–Crippen MR) is 153 cm³/mol. The topological polar surface area (TPSA) is 143 Å². The first-order chi connectivity index (χ1) is 21.0. The van der Waals surface area contributed by atoms with Crippen LogP contribution in [0.5, 0.6) is 23.0 Å². The molecule has 2 aliphatic rings. The molecule has 1 fully saturated rings. The second kappa shape index (κ2) is 12.4. The van der Waals surface area contributed by atoms with Gasteiger partial charge in [0.2, 0.25) is 5.82 Å².